The van der Waals surface area contributed by atoms with Gasteiger partial charge in [0, 0.05) is 11.8 Å². The smallest absolute Gasteiger partial charge is 0.197 e. The van der Waals surface area contributed by atoms with Crippen molar-refractivity contribution in [2.24, 2.45) is 0 Å². The Bertz CT molecular complexity index is 627. The SMILES string of the molecule is O=C(c1cncc(F)c1)C1OCCc2ccccc21. The number of Topliss-reactive ketones (excluding diaryl/α,β-unsaturated/α-hetero) is 1. The minimum atomic E-state index is -0.659. The van der Waals surface area contributed by atoms with Crippen molar-refractivity contribution < 1.29 is 13.9 Å². The first-order valence-corrected chi connectivity index (χ1v) is 6.10. The maximum Gasteiger partial charge on any atom is 0.197 e. The van der Waals surface area contributed by atoms with Gasteiger partial charge in [0.1, 0.15) is 11.9 Å². The minimum absolute atomic E-state index is 0.238. The molecule has 1 aliphatic heterocycles. The number of ether oxygens (including phenoxy) is 1. The third kappa shape index (κ3) is 2.27. The molecule has 0 spiro atoms. The van der Waals surface area contributed by atoms with Crippen LogP contribution in [0.1, 0.15) is 27.6 Å². The third-order valence-electron chi connectivity index (χ3n) is 3.22. The second kappa shape index (κ2) is 4.90. The van der Waals surface area contributed by atoms with E-state index in [1.165, 1.54) is 12.3 Å². The van der Waals surface area contributed by atoms with Gasteiger partial charge in [0.05, 0.1) is 12.8 Å². The molecule has 19 heavy (non-hydrogen) atoms. The summed E-state index contributed by atoms with van der Waals surface area (Å²) in [7, 11) is 0. The Morgan fingerprint density at radius 1 is 1.32 bits per heavy atom. The minimum Gasteiger partial charge on any atom is -0.365 e. The normalized spacial score (nSPS) is 17.8. The van der Waals surface area contributed by atoms with Crippen molar-refractivity contribution in [3.05, 3.63) is 65.2 Å². The zero-order valence-corrected chi connectivity index (χ0v) is 10.2. The maximum absolute atomic E-state index is 13.1. The van der Waals surface area contributed by atoms with Crippen molar-refractivity contribution in [3.63, 3.8) is 0 Å². The summed E-state index contributed by atoms with van der Waals surface area (Å²) in [5, 5.41) is 0. The molecule has 4 heteroatoms. The number of carbonyl (C=O) groups excluding carboxylic acids is 1. The standard InChI is InChI=1S/C15H12FNO2/c16-12-7-11(8-17-9-12)14(18)15-13-4-2-1-3-10(13)5-6-19-15/h1-4,7-9,15H,5-6H2. The van der Waals surface area contributed by atoms with Crippen molar-refractivity contribution in [3.8, 4) is 0 Å². The van der Waals surface area contributed by atoms with E-state index in [-0.39, 0.29) is 11.3 Å². The summed E-state index contributed by atoms with van der Waals surface area (Å²) in [6.07, 6.45) is 2.58. The molecule has 0 amide bonds. The Morgan fingerprint density at radius 2 is 2.16 bits per heavy atom. The van der Waals surface area contributed by atoms with Crippen LogP contribution in [0.4, 0.5) is 4.39 Å². The highest BCUT2D eigenvalue weighted by atomic mass is 19.1. The molecule has 1 unspecified atom stereocenters. The number of carbonyl (C=O) groups is 1. The molecule has 1 atom stereocenters. The van der Waals surface area contributed by atoms with E-state index in [0.29, 0.717) is 6.61 Å². The van der Waals surface area contributed by atoms with E-state index in [9.17, 15) is 9.18 Å². The number of aromatic nitrogens is 1. The lowest BCUT2D eigenvalue weighted by Gasteiger charge is -2.24. The fraction of sp³-hybridized carbons (Fsp3) is 0.200. The molecule has 0 aliphatic carbocycles. The molecule has 0 saturated carbocycles. The summed E-state index contributed by atoms with van der Waals surface area (Å²) in [5.74, 6) is -0.769. The van der Waals surface area contributed by atoms with E-state index >= 15 is 0 Å². The Labute approximate surface area is 110 Å². The largest absolute Gasteiger partial charge is 0.365 e. The molecule has 3 rings (SSSR count). The predicted molar refractivity (Wildman–Crippen MR) is 67.4 cm³/mol. The van der Waals surface area contributed by atoms with E-state index in [2.05, 4.69) is 4.98 Å². The monoisotopic (exact) mass is 257 g/mol. The van der Waals surface area contributed by atoms with Crippen molar-refractivity contribution in [2.45, 2.75) is 12.5 Å². The quantitative estimate of drug-likeness (QED) is 0.776. The molecule has 0 saturated heterocycles. The fourth-order valence-electron chi connectivity index (χ4n) is 2.31. The molecule has 3 nitrogen and oxygen atoms in total. The molecular weight excluding hydrogens is 245 g/mol. The Morgan fingerprint density at radius 3 is 3.00 bits per heavy atom. The number of halogens is 1. The van der Waals surface area contributed by atoms with Crippen LogP contribution < -0.4 is 0 Å². The van der Waals surface area contributed by atoms with Gasteiger partial charge in [-0.1, -0.05) is 24.3 Å². The van der Waals surface area contributed by atoms with Gasteiger partial charge in [-0.3, -0.25) is 9.78 Å². The van der Waals surface area contributed by atoms with Gasteiger partial charge in [-0.2, -0.15) is 0 Å². The van der Waals surface area contributed by atoms with Crippen LogP contribution in [0, 0.1) is 5.82 Å². The van der Waals surface area contributed by atoms with E-state index < -0.39 is 11.9 Å². The van der Waals surface area contributed by atoms with E-state index in [4.69, 9.17) is 4.74 Å². The molecule has 0 fully saturated rings. The van der Waals surface area contributed by atoms with Crippen molar-refractivity contribution >= 4 is 5.78 Å². The van der Waals surface area contributed by atoms with Gasteiger partial charge >= 0.3 is 0 Å². The number of rotatable bonds is 2. The van der Waals surface area contributed by atoms with Crippen molar-refractivity contribution in [2.75, 3.05) is 6.61 Å². The lowest BCUT2D eigenvalue weighted by atomic mass is 9.93. The molecule has 2 aromatic rings. The van der Waals surface area contributed by atoms with Gasteiger partial charge in [-0.15, -0.1) is 0 Å². The van der Waals surface area contributed by atoms with Crippen LogP contribution in [0.3, 0.4) is 0 Å². The highest BCUT2D eigenvalue weighted by Gasteiger charge is 2.28. The number of ketones is 1. The number of hydrogen-bond donors (Lipinski definition) is 0. The van der Waals surface area contributed by atoms with Crippen LogP contribution in [-0.4, -0.2) is 17.4 Å². The Kier molecular flexibility index (Phi) is 3.09. The second-order valence-corrected chi connectivity index (χ2v) is 4.46. The lowest BCUT2D eigenvalue weighted by molar-refractivity contribution is 0.0348. The molecular formula is C15H12FNO2. The zero-order valence-electron chi connectivity index (χ0n) is 10.2. The summed E-state index contributed by atoms with van der Waals surface area (Å²) < 4.78 is 18.7. The number of hydrogen-bond acceptors (Lipinski definition) is 3. The summed E-state index contributed by atoms with van der Waals surface area (Å²) in [5.41, 5.74) is 2.21. The zero-order chi connectivity index (χ0) is 13.2. The lowest BCUT2D eigenvalue weighted by Crippen LogP contribution is -2.23. The summed E-state index contributed by atoms with van der Waals surface area (Å²) >= 11 is 0. The highest BCUT2D eigenvalue weighted by molar-refractivity contribution is 6.00. The topological polar surface area (TPSA) is 39.2 Å². The summed E-state index contributed by atoms with van der Waals surface area (Å²) in [6, 6.07) is 8.87. The van der Waals surface area contributed by atoms with Crippen molar-refractivity contribution in [1.82, 2.24) is 4.98 Å². The summed E-state index contributed by atoms with van der Waals surface area (Å²) in [6.45, 7) is 0.496. The van der Waals surface area contributed by atoms with Gasteiger partial charge in [0.25, 0.3) is 0 Å². The molecule has 96 valence electrons. The Hall–Kier alpha value is -2.07. The van der Waals surface area contributed by atoms with Crippen LogP contribution in [0.15, 0.2) is 42.7 Å². The number of pyridine rings is 1. The molecule has 1 aliphatic rings. The first-order chi connectivity index (χ1) is 9.25. The van der Waals surface area contributed by atoms with Gasteiger partial charge in [-0.05, 0) is 23.6 Å². The van der Waals surface area contributed by atoms with Gasteiger partial charge in [-0.25, -0.2) is 4.39 Å². The van der Waals surface area contributed by atoms with Gasteiger partial charge < -0.3 is 4.74 Å². The third-order valence-corrected chi connectivity index (χ3v) is 3.22. The maximum atomic E-state index is 13.1. The fourth-order valence-corrected chi connectivity index (χ4v) is 2.31. The van der Waals surface area contributed by atoms with Crippen LogP contribution >= 0.6 is 0 Å². The Balaban J connectivity index is 1.98. The molecule has 0 radical (unpaired) electrons. The number of nitrogens with zero attached hydrogens (tertiary/aromatic N) is 1. The van der Waals surface area contributed by atoms with Crippen LogP contribution in [0.2, 0.25) is 0 Å². The molecule has 1 aromatic heterocycles. The molecule has 0 N–H and O–H groups in total. The van der Waals surface area contributed by atoms with Crippen LogP contribution in [-0.2, 0) is 11.2 Å². The number of benzene rings is 1. The average Bonchev–Trinajstić information content (AvgIpc) is 2.46. The van der Waals surface area contributed by atoms with E-state index in [1.54, 1.807) is 0 Å². The van der Waals surface area contributed by atoms with Crippen molar-refractivity contribution in [1.29, 1.82) is 0 Å². The first-order valence-electron chi connectivity index (χ1n) is 6.10. The average molecular weight is 257 g/mol. The number of fused-ring (bicyclic) bond motifs is 1. The van der Waals surface area contributed by atoms with Gasteiger partial charge in [0.2, 0.25) is 0 Å². The summed E-state index contributed by atoms with van der Waals surface area (Å²) in [4.78, 5) is 16.1. The van der Waals surface area contributed by atoms with E-state index in [0.717, 1.165) is 23.7 Å². The molecule has 0 bridgehead atoms. The van der Waals surface area contributed by atoms with Crippen LogP contribution in [0.25, 0.3) is 0 Å². The van der Waals surface area contributed by atoms with E-state index in [1.807, 2.05) is 24.3 Å². The van der Waals surface area contributed by atoms with Crippen LogP contribution in [0.5, 0.6) is 0 Å². The van der Waals surface area contributed by atoms with Gasteiger partial charge in [0.15, 0.2) is 5.78 Å². The predicted octanol–water partition coefficient (Wildman–Crippen LogP) is 2.72. The first kappa shape index (κ1) is 12.0. The molecule has 2 heterocycles. The highest BCUT2D eigenvalue weighted by Crippen LogP contribution is 2.29. The second-order valence-electron chi connectivity index (χ2n) is 4.46. The molecule has 1 aromatic carbocycles.